The van der Waals surface area contributed by atoms with Crippen molar-refractivity contribution >= 4 is 16.9 Å². The molecule has 208 valence electrons. The minimum absolute atomic E-state index is 0.0605. The zero-order valence-corrected chi connectivity index (χ0v) is 21.9. The molecule has 9 heteroatoms. The second-order valence-corrected chi connectivity index (χ2v) is 9.04. The summed E-state index contributed by atoms with van der Waals surface area (Å²) in [4.78, 5) is 26.8. The van der Waals surface area contributed by atoms with Gasteiger partial charge in [0.1, 0.15) is 17.3 Å². The lowest BCUT2D eigenvalue weighted by Gasteiger charge is -2.17. The van der Waals surface area contributed by atoms with Crippen molar-refractivity contribution in [2.45, 2.75) is 12.1 Å². The topological polar surface area (TPSA) is 75.0 Å². The van der Waals surface area contributed by atoms with Gasteiger partial charge >= 0.3 is 12.1 Å². The molecule has 1 heterocycles. The van der Waals surface area contributed by atoms with Crippen LogP contribution in [-0.4, -0.2) is 20.2 Å². The Morgan fingerprint density at radius 3 is 1.95 bits per heavy atom. The normalized spacial score (nSPS) is 11.5. The highest BCUT2D eigenvalue weighted by molar-refractivity contribution is 5.87. The number of alkyl halides is 3. The second-order valence-electron chi connectivity index (χ2n) is 9.04. The van der Waals surface area contributed by atoms with Crippen molar-refractivity contribution in [2.75, 3.05) is 14.2 Å². The molecule has 0 aliphatic rings. The van der Waals surface area contributed by atoms with Gasteiger partial charge in [0, 0.05) is 6.07 Å². The summed E-state index contributed by atoms with van der Waals surface area (Å²) in [6.45, 7) is 0. The van der Waals surface area contributed by atoms with Crippen molar-refractivity contribution in [1.82, 2.24) is 0 Å². The van der Waals surface area contributed by atoms with E-state index in [0.29, 0.717) is 11.1 Å². The molecular weight excluding hydrogens is 537 g/mol. The summed E-state index contributed by atoms with van der Waals surface area (Å²) in [6.07, 6.45) is -5.01. The highest BCUT2D eigenvalue weighted by Gasteiger charge is 2.39. The molecule has 0 spiro atoms. The molecule has 1 aromatic heterocycles. The number of carbonyl (C=O) groups excluding carboxylic acids is 1. The summed E-state index contributed by atoms with van der Waals surface area (Å²) in [7, 11) is 2.72. The molecule has 0 saturated heterocycles. The molecule has 0 bridgehead atoms. The fourth-order valence-electron chi connectivity index (χ4n) is 4.62. The summed E-state index contributed by atoms with van der Waals surface area (Å²) in [6, 6.07) is 25.6. The van der Waals surface area contributed by atoms with Crippen LogP contribution >= 0.6 is 0 Å². The van der Waals surface area contributed by atoms with Crippen LogP contribution in [0.25, 0.3) is 22.1 Å². The molecule has 5 rings (SSSR count). The first kappa shape index (κ1) is 27.5. The number of carbonyl (C=O) groups is 1. The van der Waals surface area contributed by atoms with Crippen LogP contribution in [0.5, 0.6) is 17.2 Å². The Morgan fingerprint density at radius 2 is 1.39 bits per heavy atom. The van der Waals surface area contributed by atoms with Crippen molar-refractivity contribution in [1.29, 1.82) is 0 Å². The molecule has 0 fully saturated rings. The van der Waals surface area contributed by atoms with Crippen molar-refractivity contribution < 1.29 is 36.6 Å². The fourth-order valence-corrected chi connectivity index (χ4v) is 4.62. The number of esters is 1. The minimum Gasteiger partial charge on any atom is -0.493 e. The van der Waals surface area contributed by atoms with Gasteiger partial charge in [0.15, 0.2) is 11.5 Å². The molecule has 5 aromatic rings. The zero-order valence-electron chi connectivity index (χ0n) is 21.9. The summed E-state index contributed by atoms with van der Waals surface area (Å²) in [5.41, 5.74) is -0.675. The van der Waals surface area contributed by atoms with Gasteiger partial charge in [-0.2, -0.15) is 13.2 Å². The molecule has 0 aliphatic heterocycles. The first-order chi connectivity index (χ1) is 19.7. The summed E-state index contributed by atoms with van der Waals surface area (Å²) in [5.74, 6) is -2.58. The molecule has 4 aromatic carbocycles. The van der Waals surface area contributed by atoms with Crippen LogP contribution in [0.1, 0.15) is 22.8 Å². The van der Waals surface area contributed by atoms with Crippen LogP contribution in [0.4, 0.5) is 13.2 Å². The van der Waals surface area contributed by atoms with Gasteiger partial charge in [0.2, 0.25) is 11.2 Å². The van der Waals surface area contributed by atoms with E-state index in [-0.39, 0.29) is 33.8 Å². The fraction of sp³-hybridized carbons (Fsp3) is 0.125. The highest BCUT2D eigenvalue weighted by Crippen LogP contribution is 2.40. The van der Waals surface area contributed by atoms with E-state index in [0.717, 1.165) is 6.07 Å². The van der Waals surface area contributed by atoms with Crippen molar-refractivity contribution in [3.63, 3.8) is 0 Å². The quantitative estimate of drug-likeness (QED) is 0.154. The summed E-state index contributed by atoms with van der Waals surface area (Å²) >= 11 is 0. The molecular formula is C32H23F3O6. The average molecular weight is 561 g/mol. The monoisotopic (exact) mass is 560 g/mol. The third kappa shape index (κ3) is 5.51. The number of halogens is 3. The Kier molecular flexibility index (Phi) is 7.52. The number of methoxy groups -OCH3 is 2. The van der Waals surface area contributed by atoms with Crippen molar-refractivity contribution in [3.8, 4) is 28.4 Å². The van der Waals surface area contributed by atoms with Crippen LogP contribution in [0.2, 0.25) is 0 Å². The third-order valence-corrected chi connectivity index (χ3v) is 6.51. The maximum absolute atomic E-state index is 14.2. The number of fused-ring (bicyclic) bond motifs is 1. The van der Waals surface area contributed by atoms with Gasteiger partial charge in [0.05, 0.1) is 25.2 Å². The van der Waals surface area contributed by atoms with Crippen LogP contribution in [0.3, 0.4) is 0 Å². The smallest absolute Gasteiger partial charge is 0.450 e. The van der Waals surface area contributed by atoms with Gasteiger partial charge in [-0.1, -0.05) is 66.7 Å². The predicted molar refractivity (Wildman–Crippen MR) is 146 cm³/mol. The van der Waals surface area contributed by atoms with Gasteiger partial charge in [-0.05, 0) is 41.0 Å². The number of hydrogen-bond donors (Lipinski definition) is 0. The van der Waals surface area contributed by atoms with Gasteiger partial charge in [-0.15, -0.1) is 0 Å². The SMILES string of the molecule is COc1ccc(-c2c(C(F)(F)F)oc3cc(OC(=O)C(c4ccccc4)c4ccccc4)ccc3c2=O)cc1OC. The van der Waals surface area contributed by atoms with E-state index in [2.05, 4.69) is 0 Å². The van der Waals surface area contributed by atoms with Gasteiger partial charge in [-0.25, -0.2) is 0 Å². The molecule has 0 amide bonds. The first-order valence-corrected chi connectivity index (χ1v) is 12.4. The number of rotatable bonds is 7. The summed E-state index contributed by atoms with van der Waals surface area (Å²) in [5, 5.41) is -0.120. The van der Waals surface area contributed by atoms with E-state index in [9.17, 15) is 22.8 Å². The van der Waals surface area contributed by atoms with E-state index in [1.54, 1.807) is 48.5 Å². The zero-order chi connectivity index (χ0) is 29.1. The van der Waals surface area contributed by atoms with E-state index in [1.165, 1.54) is 44.6 Å². The van der Waals surface area contributed by atoms with Gasteiger partial charge in [0.25, 0.3) is 0 Å². The number of hydrogen-bond acceptors (Lipinski definition) is 6. The Morgan fingerprint density at radius 1 is 0.780 bits per heavy atom. The maximum Gasteiger partial charge on any atom is 0.450 e. The van der Waals surface area contributed by atoms with Gasteiger partial charge in [-0.3, -0.25) is 9.59 Å². The third-order valence-electron chi connectivity index (χ3n) is 6.51. The number of ether oxygens (including phenoxy) is 3. The van der Waals surface area contributed by atoms with E-state index < -0.39 is 34.8 Å². The molecule has 0 atom stereocenters. The summed E-state index contributed by atoms with van der Waals surface area (Å²) < 4.78 is 63.8. The molecule has 6 nitrogen and oxygen atoms in total. The predicted octanol–water partition coefficient (Wildman–Crippen LogP) is 7.23. The van der Waals surface area contributed by atoms with Crippen LogP contribution in [0.15, 0.2) is 106 Å². The lowest BCUT2D eigenvalue weighted by molar-refractivity contribution is -0.152. The van der Waals surface area contributed by atoms with Crippen LogP contribution in [0, 0.1) is 0 Å². The van der Waals surface area contributed by atoms with Crippen molar-refractivity contribution in [3.05, 3.63) is 124 Å². The minimum atomic E-state index is -5.01. The molecule has 0 saturated carbocycles. The lowest BCUT2D eigenvalue weighted by atomic mass is 9.91. The second kappa shape index (κ2) is 11.2. The Balaban J connectivity index is 1.58. The van der Waals surface area contributed by atoms with Crippen LogP contribution < -0.4 is 19.6 Å². The molecule has 0 aliphatic carbocycles. The standard InChI is InChI=1S/C32H23F3O6/c1-38-24-16-13-21(17-26(24)39-2)28-29(36)23-15-14-22(18-25(23)41-30(28)32(33,34)35)40-31(37)27(19-9-5-3-6-10-19)20-11-7-4-8-12-20/h3-18,27H,1-2H3. The van der Waals surface area contributed by atoms with Crippen LogP contribution in [-0.2, 0) is 11.0 Å². The van der Waals surface area contributed by atoms with E-state index in [1.807, 2.05) is 12.1 Å². The maximum atomic E-state index is 14.2. The Hall–Kier alpha value is -5.05. The Labute approximate surface area is 232 Å². The molecule has 0 unspecified atom stereocenters. The van der Waals surface area contributed by atoms with Gasteiger partial charge < -0.3 is 18.6 Å². The van der Waals surface area contributed by atoms with E-state index in [4.69, 9.17) is 18.6 Å². The molecule has 0 N–H and O–H groups in total. The average Bonchev–Trinajstić information content (AvgIpc) is 2.97. The van der Waals surface area contributed by atoms with Crippen molar-refractivity contribution in [2.24, 2.45) is 0 Å². The largest absolute Gasteiger partial charge is 0.493 e. The molecule has 41 heavy (non-hydrogen) atoms. The van der Waals surface area contributed by atoms with E-state index >= 15 is 0 Å². The lowest BCUT2D eigenvalue weighted by Crippen LogP contribution is -2.20. The number of benzene rings is 4. The molecule has 0 radical (unpaired) electrons. The Bertz CT molecular complexity index is 1720. The highest BCUT2D eigenvalue weighted by atomic mass is 19.4. The first-order valence-electron chi connectivity index (χ1n) is 12.4.